The van der Waals surface area contributed by atoms with Gasteiger partial charge in [0, 0.05) is 11.4 Å². The highest BCUT2D eigenvalue weighted by Crippen LogP contribution is 2.08. The van der Waals surface area contributed by atoms with E-state index in [4.69, 9.17) is 4.42 Å². The Kier molecular flexibility index (Phi) is 5.88. The van der Waals surface area contributed by atoms with E-state index < -0.39 is 0 Å². The quantitative estimate of drug-likeness (QED) is 0.783. The molecule has 0 spiro atoms. The number of piperazine rings is 1. The smallest absolute Gasteiger partial charge is 0.289 e. The van der Waals surface area contributed by atoms with E-state index >= 15 is 0 Å². The molecule has 0 aromatic carbocycles. The summed E-state index contributed by atoms with van der Waals surface area (Å²) in [5.41, 5.74) is 0. The summed E-state index contributed by atoms with van der Waals surface area (Å²) in [6.07, 6.45) is 2.38. The molecule has 0 bridgehead atoms. The van der Waals surface area contributed by atoms with Crippen LogP contribution in [0, 0.1) is 0 Å². The molecule has 0 saturated carbocycles. The first kappa shape index (κ1) is 17.7. The van der Waals surface area contributed by atoms with Gasteiger partial charge in [-0.3, -0.25) is 9.59 Å². The largest absolute Gasteiger partial charge is 0.459 e. The maximum Gasteiger partial charge on any atom is 0.289 e. The van der Waals surface area contributed by atoms with Crippen LogP contribution in [0.25, 0.3) is 0 Å². The summed E-state index contributed by atoms with van der Waals surface area (Å²) in [7, 11) is 0. The average Bonchev–Trinajstić information content (AvgIpc) is 3.34. The molecule has 2 aromatic heterocycles. The minimum Gasteiger partial charge on any atom is -0.459 e. The minimum atomic E-state index is -0.107. The van der Waals surface area contributed by atoms with E-state index in [-0.39, 0.29) is 17.9 Å². The number of furan rings is 1. The molecule has 0 aliphatic carbocycles. The van der Waals surface area contributed by atoms with E-state index in [1.807, 2.05) is 18.4 Å². The van der Waals surface area contributed by atoms with Gasteiger partial charge in [-0.15, -0.1) is 11.3 Å². The number of hydrogen-bond donors (Lipinski definition) is 2. The van der Waals surface area contributed by atoms with Gasteiger partial charge in [0.25, 0.3) is 11.8 Å². The Morgan fingerprint density at radius 2 is 2.12 bits per heavy atom. The van der Waals surface area contributed by atoms with Crippen LogP contribution in [-0.2, 0) is 11.2 Å². The third-order valence-electron chi connectivity index (χ3n) is 4.68. The van der Waals surface area contributed by atoms with Gasteiger partial charge in [0.05, 0.1) is 32.4 Å². The number of quaternary nitrogens is 1. The van der Waals surface area contributed by atoms with Crippen LogP contribution >= 0.6 is 11.3 Å². The zero-order valence-electron chi connectivity index (χ0n) is 14.4. The molecule has 3 heterocycles. The molecule has 3 rings (SSSR count). The van der Waals surface area contributed by atoms with Crippen LogP contribution in [0.5, 0.6) is 0 Å². The van der Waals surface area contributed by atoms with Crippen molar-refractivity contribution in [3.63, 3.8) is 0 Å². The first-order valence-corrected chi connectivity index (χ1v) is 9.50. The molecule has 2 amide bonds. The zero-order chi connectivity index (χ0) is 17.6. The highest BCUT2D eigenvalue weighted by atomic mass is 32.1. The van der Waals surface area contributed by atoms with Crippen molar-refractivity contribution in [2.24, 2.45) is 0 Å². The van der Waals surface area contributed by atoms with Gasteiger partial charge in [-0.05, 0) is 36.9 Å². The summed E-state index contributed by atoms with van der Waals surface area (Å²) >= 11 is 1.71. The van der Waals surface area contributed by atoms with Crippen molar-refractivity contribution in [1.82, 2.24) is 10.2 Å². The molecular weight excluding hydrogens is 338 g/mol. The number of carbonyl (C=O) groups is 2. The average molecular weight is 362 g/mol. The van der Waals surface area contributed by atoms with Gasteiger partial charge in [0.2, 0.25) is 0 Å². The van der Waals surface area contributed by atoms with Crippen LogP contribution in [-0.4, -0.2) is 55.5 Å². The Labute approximate surface area is 151 Å². The van der Waals surface area contributed by atoms with Crippen molar-refractivity contribution in [2.75, 3.05) is 32.7 Å². The maximum atomic E-state index is 12.3. The molecule has 1 atom stereocenters. The molecule has 2 aromatic rings. The number of thiophene rings is 1. The number of rotatable bonds is 6. The van der Waals surface area contributed by atoms with Crippen molar-refractivity contribution in [3.8, 4) is 0 Å². The van der Waals surface area contributed by atoms with Gasteiger partial charge in [-0.1, -0.05) is 6.07 Å². The van der Waals surface area contributed by atoms with Crippen LogP contribution in [0.4, 0.5) is 0 Å². The van der Waals surface area contributed by atoms with E-state index in [1.165, 1.54) is 16.0 Å². The molecule has 0 unspecified atom stereocenters. The topological polar surface area (TPSA) is 67.0 Å². The van der Waals surface area contributed by atoms with E-state index in [0.29, 0.717) is 25.4 Å². The predicted octanol–water partition coefficient (Wildman–Crippen LogP) is 0.429. The highest BCUT2D eigenvalue weighted by Gasteiger charge is 2.31. The number of nitrogens with zero attached hydrogens (tertiary/aromatic N) is 1. The van der Waals surface area contributed by atoms with Gasteiger partial charge in [0.1, 0.15) is 0 Å². The first-order valence-electron chi connectivity index (χ1n) is 8.62. The summed E-state index contributed by atoms with van der Waals surface area (Å²) in [5, 5.41) is 5.07. The second kappa shape index (κ2) is 8.31. The van der Waals surface area contributed by atoms with Gasteiger partial charge < -0.3 is 19.5 Å². The Bertz CT molecular complexity index is 677. The SMILES string of the molecule is C[C@H](C(=O)NCCc1cccs1)[NH+]1CCN(C(=O)c2ccco2)CC1. The standard InChI is InChI=1S/C18H23N3O3S/c1-14(17(22)19-7-6-15-4-3-13-25-15)20-8-10-21(11-9-20)18(23)16-5-2-12-24-16/h2-5,12-14H,6-11H2,1H3,(H,19,22)/p+1/t14-/m1/s1. The summed E-state index contributed by atoms with van der Waals surface area (Å²) in [5.74, 6) is 0.386. The van der Waals surface area contributed by atoms with Crippen LogP contribution < -0.4 is 10.2 Å². The summed E-state index contributed by atoms with van der Waals surface area (Å²) in [6, 6.07) is 7.41. The Balaban J connectivity index is 1.42. The van der Waals surface area contributed by atoms with Crippen molar-refractivity contribution < 1.29 is 18.9 Å². The van der Waals surface area contributed by atoms with E-state index in [0.717, 1.165) is 19.5 Å². The third-order valence-corrected chi connectivity index (χ3v) is 5.62. The Morgan fingerprint density at radius 3 is 2.76 bits per heavy atom. The first-order chi connectivity index (χ1) is 12.1. The molecule has 0 radical (unpaired) electrons. The number of amides is 2. The summed E-state index contributed by atoms with van der Waals surface area (Å²) in [6.45, 7) is 5.45. The molecule has 2 N–H and O–H groups in total. The van der Waals surface area contributed by atoms with Crippen molar-refractivity contribution in [2.45, 2.75) is 19.4 Å². The molecular formula is C18H24N3O3S+. The minimum absolute atomic E-state index is 0.0721. The van der Waals surface area contributed by atoms with Gasteiger partial charge in [-0.25, -0.2) is 0 Å². The fraction of sp³-hybridized carbons (Fsp3) is 0.444. The molecule has 6 nitrogen and oxygen atoms in total. The van der Waals surface area contributed by atoms with E-state index in [1.54, 1.807) is 28.4 Å². The van der Waals surface area contributed by atoms with Crippen molar-refractivity contribution in [1.29, 1.82) is 0 Å². The Hall–Kier alpha value is -2.12. The van der Waals surface area contributed by atoms with E-state index in [9.17, 15) is 9.59 Å². The molecule has 1 aliphatic rings. The molecule has 1 aliphatic heterocycles. The number of hydrogen-bond acceptors (Lipinski definition) is 4. The van der Waals surface area contributed by atoms with Crippen LogP contribution in [0.15, 0.2) is 40.3 Å². The second-order valence-electron chi connectivity index (χ2n) is 6.27. The third kappa shape index (κ3) is 4.49. The van der Waals surface area contributed by atoms with Crippen LogP contribution in [0.1, 0.15) is 22.4 Å². The molecule has 25 heavy (non-hydrogen) atoms. The molecule has 1 fully saturated rings. The lowest BCUT2D eigenvalue weighted by Gasteiger charge is -2.34. The lowest BCUT2D eigenvalue weighted by atomic mass is 10.2. The Morgan fingerprint density at radius 1 is 1.32 bits per heavy atom. The summed E-state index contributed by atoms with van der Waals surface area (Å²) in [4.78, 5) is 28.9. The van der Waals surface area contributed by atoms with Crippen molar-refractivity contribution in [3.05, 3.63) is 46.5 Å². The fourth-order valence-corrected chi connectivity index (χ4v) is 3.80. The lowest BCUT2D eigenvalue weighted by Crippen LogP contribution is -3.19. The molecule has 7 heteroatoms. The number of carbonyl (C=O) groups excluding carboxylic acids is 2. The zero-order valence-corrected chi connectivity index (χ0v) is 15.2. The van der Waals surface area contributed by atoms with Crippen molar-refractivity contribution >= 4 is 23.2 Å². The second-order valence-corrected chi connectivity index (χ2v) is 7.30. The molecule has 1 saturated heterocycles. The van der Waals surface area contributed by atoms with Gasteiger partial charge in [0.15, 0.2) is 11.8 Å². The van der Waals surface area contributed by atoms with Gasteiger partial charge in [-0.2, -0.15) is 0 Å². The number of nitrogens with one attached hydrogen (secondary N) is 2. The van der Waals surface area contributed by atoms with Crippen LogP contribution in [0.2, 0.25) is 0 Å². The highest BCUT2D eigenvalue weighted by molar-refractivity contribution is 7.09. The normalized spacial score (nSPS) is 16.6. The monoisotopic (exact) mass is 362 g/mol. The summed E-state index contributed by atoms with van der Waals surface area (Å²) < 4.78 is 5.17. The van der Waals surface area contributed by atoms with Crippen LogP contribution in [0.3, 0.4) is 0 Å². The predicted molar refractivity (Wildman–Crippen MR) is 95.8 cm³/mol. The van der Waals surface area contributed by atoms with Gasteiger partial charge >= 0.3 is 0 Å². The van der Waals surface area contributed by atoms with E-state index in [2.05, 4.69) is 11.4 Å². The maximum absolute atomic E-state index is 12.3. The fourth-order valence-electron chi connectivity index (χ4n) is 3.09. The molecule has 134 valence electrons. The lowest BCUT2D eigenvalue weighted by molar-refractivity contribution is -0.917.